The average Bonchev–Trinajstić information content (AvgIpc) is 3.35. The lowest BCUT2D eigenvalue weighted by atomic mass is 10.0. The van der Waals surface area contributed by atoms with Crippen molar-refractivity contribution in [3.05, 3.63) is 90.1 Å². The molecule has 6 nitrogen and oxygen atoms in total. The summed E-state index contributed by atoms with van der Waals surface area (Å²) in [5.41, 5.74) is 2.47. The summed E-state index contributed by atoms with van der Waals surface area (Å²) in [7, 11) is 0. The predicted molar refractivity (Wildman–Crippen MR) is 144 cm³/mol. The average molecular weight is 559 g/mol. The van der Waals surface area contributed by atoms with E-state index in [1.165, 1.54) is 5.56 Å². The minimum Gasteiger partial charge on any atom is -0.469 e. The maximum Gasteiger partial charge on any atom is 0.191 e. The number of hydrogen-bond acceptors (Lipinski definition) is 4. The lowest BCUT2D eigenvalue weighted by molar-refractivity contribution is 0.198. The minimum absolute atomic E-state index is 0. The number of halogens is 1. The van der Waals surface area contributed by atoms with Crippen LogP contribution in [-0.2, 0) is 19.4 Å². The number of likely N-dealkylation sites (tertiary alicyclic amines) is 1. The molecule has 0 amide bonds. The van der Waals surface area contributed by atoms with E-state index in [0.29, 0.717) is 12.6 Å². The van der Waals surface area contributed by atoms with Gasteiger partial charge in [-0.1, -0.05) is 36.4 Å². The second-order valence-corrected chi connectivity index (χ2v) is 8.24. The highest BCUT2D eigenvalue weighted by molar-refractivity contribution is 14.0. The fraction of sp³-hybridized carbons (Fsp3) is 0.385. The molecule has 0 saturated carbocycles. The van der Waals surface area contributed by atoms with Crippen LogP contribution in [0.3, 0.4) is 0 Å². The van der Waals surface area contributed by atoms with Gasteiger partial charge in [-0.25, -0.2) is 0 Å². The molecule has 1 fully saturated rings. The summed E-state index contributed by atoms with van der Waals surface area (Å²) in [6.45, 7) is 4.72. The summed E-state index contributed by atoms with van der Waals surface area (Å²) in [5, 5.41) is 7.17. The first-order valence-electron chi connectivity index (χ1n) is 11.6. The lowest BCUT2D eigenvalue weighted by Crippen LogP contribution is -2.49. The van der Waals surface area contributed by atoms with Crippen molar-refractivity contribution >= 4 is 29.9 Å². The van der Waals surface area contributed by atoms with E-state index in [1.807, 2.05) is 30.5 Å². The summed E-state index contributed by atoms with van der Waals surface area (Å²) in [4.78, 5) is 11.8. The number of guanidine groups is 1. The smallest absolute Gasteiger partial charge is 0.191 e. The number of furan rings is 1. The SMILES string of the molecule is I.c1ccc(CN2CCC(NC(=NCCc3ccco3)NCCc3ccccn3)CC2)cc1. The number of piperidine rings is 1. The van der Waals surface area contributed by atoms with Crippen LogP contribution in [0.4, 0.5) is 0 Å². The highest BCUT2D eigenvalue weighted by atomic mass is 127. The normalized spacial score (nSPS) is 15.1. The monoisotopic (exact) mass is 559 g/mol. The Bertz CT molecular complexity index is 926. The Morgan fingerprint density at radius 2 is 1.82 bits per heavy atom. The van der Waals surface area contributed by atoms with Gasteiger partial charge < -0.3 is 15.1 Å². The summed E-state index contributed by atoms with van der Waals surface area (Å²) in [6.07, 6.45) is 7.46. The highest BCUT2D eigenvalue weighted by Crippen LogP contribution is 2.14. The van der Waals surface area contributed by atoms with Crippen molar-refractivity contribution in [2.75, 3.05) is 26.2 Å². The summed E-state index contributed by atoms with van der Waals surface area (Å²) in [6, 6.07) is 21.1. The van der Waals surface area contributed by atoms with Crippen LogP contribution in [-0.4, -0.2) is 48.1 Å². The molecule has 1 aromatic carbocycles. The van der Waals surface area contributed by atoms with Crippen LogP contribution in [0.1, 0.15) is 29.9 Å². The molecule has 0 atom stereocenters. The molecule has 0 bridgehead atoms. The Balaban J connectivity index is 0.00000306. The molecule has 2 N–H and O–H groups in total. The molecule has 4 rings (SSSR count). The lowest BCUT2D eigenvalue weighted by Gasteiger charge is -2.33. The van der Waals surface area contributed by atoms with Gasteiger partial charge in [-0.3, -0.25) is 14.9 Å². The molecule has 1 aliphatic rings. The molecule has 0 radical (unpaired) electrons. The minimum atomic E-state index is 0. The van der Waals surface area contributed by atoms with Gasteiger partial charge >= 0.3 is 0 Å². The standard InChI is InChI=1S/C26H33N5O.HI/c1-2-7-22(8-3-1)21-31-18-13-24(14-19-31)30-26(29-17-12-25-10-6-20-32-25)28-16-11-23-9-4-5-15-27-23;/h1-10,15,20,24H,11-14,16-19,21H2,(H2,28,29,30);1H. The Morgan fingerprint density at radius 1 is 1.00 bits per heavy atom. The van der Waals surface area contributed by atoms with Gasteiger partial charge in [0.15, 0.2) is 5.96 Å². The molecular weight excluding hydrogens is 525 g/mol. The zero-order valence-corrected chi connectivity index (χ0v) is 21.4. The molecule has 0 unspecified atom stereocenters. The van der Waals surface area contributed by atoms with Crippen LogP contribution < -0.4 is 10.6 Å². The summed E-state index contributed by atoms with van der Waals surface area (Å²) in [5.74, 6) is 1.85. The fourth-order valence-corrected chi connectivity index (χ4v) is 4.01. The van der Waals surface area contributed by atoms with Crippen LogP contribution in [0.2, 0.25) is 0 Å². The number of nitrogens with one attached hydrogen (secondary N) is 2. The van der Waals surface area contributed by atoms with Crippen molar-refractivity contribution in [3.63, 3.8) is 0 Å². The van der Waals surface area contributed by atoms with Crippen LogP contribution in [0, 0.1) is 0 Å². The van der Waals surface area contributed by atoms with Crippen molar-refractivity contribution in [2.45, 2.75) is 38.3 Å². The van der Waals surface area contributed by atoms with Gasteiger partial charge in [-0.15, -0.1) is 24.0 Å². The third-order valence-electron chi connectivity index (χ3n) is 5.79. The van der Waals surface area contributed by atoms with Gasteiger partial charge in [-0.2, -0.15) is 0 Å². The molecule has 0 aliphatic carbocycles. The number of rotatable bonds is 9. The third-order valence-corrected chi connectivity index (χ3v) is 5.79. The van der Waals surface area contributed by atoms with Crippen molar-refractivity contribution in [1.29, 1.82) is 0 Å². The van der Waals surface area contributed by atoms with E-state index in [0.717, 1.165) is 69.3 Å². The second-order valence-electron chi connectivity index (χ2n) is 8.24. The van der Waals surface area contributed by atoms with E-state index in [1.54, 1.807) is 6.26 Å². The Morgan fingerprint density at radius 3 is 2.55 bits per heavy atom. The Labute approximate surface area is 213 Å². The number of hydrogen-bond donors (Lipinski definition) is 2. The summed E-state index contributed by atoms with van der Waals surface area (Å²) >= 11 is 0. The van der Waals surface area contributed by atoms with Gasteiger partial charge in [-0.05, 0) is 42.7 Å². The highest BCUT2D eigenvalue weighted by Gasteiger charge is 2.20. The van der Waals surface area contributed by atoms with Crippen LogP contribution >= 0.6 is 24.0 Å². The Kier molecular flexibility index (Phi) is 10.7. The predicted octanol–water partition coefficient (Wildman–Crippen LogP) is 4.28. The molecule has 1 aliphatic heterocycles. The quantitative estimate of drug-likeness (QED) is 0.233. The number of benzene rings is 1. The van der Waals surface area contributed by atoms with Crippen molar-refractivity contribution in [2.24, 2.45) is 4.99 Å². The van der Waals surface area contributed by atoms with Gasteiger partial charge in [0.1, 0.15) is 5.76 Å². The first-order valence-corrected chi connectivity index (χ1v) is 11.6. The number of aliphatic imine (C=N–C) groups is 1. The zero-order chi connectivity index (χ0) is 21.8. The zero-order valence-electron chi connectivity index (χ0n) is 19.0. The van der Waals surface area contributed by atoms with Gasteiger partial charge in [0, 0.05) is 63.5 Å². The van der Waals surface area contributed by atoms with Gasteiger partial charge in [0.2, 0.25) is 0 Å². The van der Waals surface area contributed by atoms with E-state index >= 15 is 0 Å². The van der Waals surface area contributed by atoms with Crippen molar-refractivity contribution < 1.29 is 4.42 Å². The van der Waals surface area contributed by atoms with E-state index in [4.69, 9.17) is 9.41 Å². The molecule has 176 valence electrons. The van der Waals surface area contributed by atoms with Crippen molar-refractivity contribution in [3.8, 4) is 0 Å². The number of aromatic nitrogens is 1. The molecule has 3 heterocycles. The first-order chi connectivity index (χ1) is 15.8. The molecule has 0 spiro atoms. The van der Waals surface area contributed by atoms with E-state index < -0.39 is 0 Å². The number of nitrogens with zero attached hydrogens (tertiary/aromatic N) is 3. The fourth-order valence-electron chi connectivity index (χ4n) is 4.01. The van der Waals surface area contributed by atoms with E-state index in [2.05, 4.69) is 56.9 Å². The molecule has 7 heteroatoms. The van der Waals surface area contributed by atoms with Crippen molar-refractivity contribution in [1.82, 2.24) is 20.5 Å². The molecule has 3 aromatic rings. The first kappa shape index (κ1) is 25.2. The maximum atomic E-state index is 5.44. The topological polar surface area (TPSA) is 65.7 Å². The second kappa shape index (κ2) is 14.0. The van der Waals surface area contributed by atoms with Crippen LogP contribution in [0.15, 0.2) is 82.5 Å². The van der Waals surface area contributed by atoms with E-state index in [9.17, 15) is 0 Å². The van der Waals surface area contributed by atoms with E-state index in [-0.39, 0.29) is 24.0 Å². The molecule has 1 saturated heterocycles. The molecule has 2 aromatic heterocycles. The largest absolute Gasteiger partial charge is 0.469 e. The van der Waals surface area contributed by atoms with Gasteiger partial charge in [0.25, 0.3) is 0 Å². The maximum absolute atomic E-state index is 5.44. The third kappa shape index (κ3) is 8.81. The van der Waals surface area contributed by atoms with Crippen LogP contribution in [0.25, 0.3) is 0 Å². The van der Waals surface area contributed by atoms with Crippen LogP contribution in [0.5, 0.6) is 0 Å². The summed E-state index contributed by atoms with van der Waals surface area (Å²) < 4.78 is 5.44. The molecule has 33 heavy (non-hydrogen) atoms. The Hall–Kier alpha value is -2.39. The molecular formula is C26H34IN5O. The number of pyridine rings is 1. The van der Waals surface area contributed by atoms with Gasteiger partial charge in [0.05, 0.1) is 6.26 Å².